The van der Waals surface area contributed by atoms with E-state index in [4.69, 9.17) is 4.52 Å². The maximum absolute atomic E-state index is 11.9. The molecule has 14 heavy (non-hydrogen) atoms. The van der Waals surface area contributed by atoms with E-state index in [1.54, 1.807) is 6.92 Å². The van der Waals surface area contributed by atoms with Crippen molar-refractivity contribution in [1.29, 1.82) is 0 Å². The quantitative estimate of drug-likeness (QED) is 0.758. The lowest BCUT2D eigenvalue weighted by Crippen LogP contribution is -1.98. The van der Waals surface area contributed by atoms with Gasteiger partial charge >= 0.3 is 7.52 Å². The molecule has 0 aliphatic carbocycles. The van der Waals surface area contributed by atoms with Crippen molar-refractivity contribution in [3.8, 4) is 0 Å². The molecule has 3 nitrogen and oxygen atoms in total. The molecule has 1 aromatic carbocycles. The Bertz CT molecular complexity index is 337. The monoisotopic (exact) mass is 211 g/mol. The summed E-state index contributed by atoms with van der Waals surface area (Å²) in [6.45, 7) is 5.68. The number of rotatable bonds is 5. The van der Waals surface area contributed by atoms with E-state index in [1.165, 1.54) is 5.82 Å². The predicted octanol–water partition coefficient (Wildman–Crippen LogP) is 3.47. The summed E-state index contributed by atoms with van der Waals surface area (Å²) in [4.78, 5) is 0. The molecule has 0 saturated heterocycles. The Kier molecular flexibility index (Phi) is 3.93. The second-order valence-corrected chi connectivity index (χ2v) is 4.72. The Hall–Kier alpha value is -1.05. The van der Waals surface area contributed by atoms with Gasteiger partial charge in [0.1, 0.15) is 0 Å². The molecule has 0 aliphatic rings. The largest absolute Gasteiger partial charge is 0.316 e. The topological polar surface area (TPSA) is 38.3 Å². The summed E-state index contributed by atoms with van der Waals surface area (Å²) in [5.74, 6) is 1.32. The molecule has 1 atom stereocenters. The van der Waals surface area contributed by atoms with Crippen molar-refractivity contribution in [2.75, 3.05) is 11.7 Å². The average molecular weight is 211 g/mol. The highest BCUT2D eigenvalue weighted by Crippen LogP contribution is 2.47. The highest BCUT2D eigenvalue weighted by molar-refractivity contribution is 7.63. The number of nitrogens with one attached hydrogen (secondary N) is 1. The van der Waals surface area contributed by atoms with Crippen molar-refractivity contribution < 1.29 is 9.09 Å². The minimum Gasteiger partial charge on any atom is -0.312 e. The minimum absolute atomic E-state index is 0.392. The van der Waals surface area contributed by atoms with Gasteiger partial charge in [-0.15, -0.1) is 0 Å². The molecule has 0 heterocycles. The second-order valence-electron chi connectivity index (χ2n) is 2.68. The number of benzene rings is 1. The predicted molar refractivity (Wildman–Crippen MR) is 59.5 cm³/mol. The third kappa shape index (κ3) is 3.02. The molecule has 4 heteroatoms. The highest BCUT2D eigenvalue weighted by Gasteiger charge is 2.16. The molecule has 0 aliphatic heterocycles. The third-order valence-corrected chi connectivity index (χ3v) is 3.31. The average Bonchev–Trinajstić information content (AvgIpc) is 2.20. The van der Waals surface area contributed by atoms with Crippen LogP contribution < -0.4 is 5.09 Å². The maximum atomic E-state index is 11.9. The summed E-state index contributed by atoms with van der Waals surface area (Å²) in [7, 11) is -2.91. The molecular weight excluding hydrogens is 197 g/mol. The van der Waals surface area contributed by atoms with E-state index in [9.17, 15) is 4.57 Å². The second kappa shape index (κ2) is 4.99. The van der Waals surface area contributed by atoms with Crippen LogP contribution in [0.5, 0.6) is 0 Å². The van der Waals surface area contributed by atoms with Gasteiger partial charge in [-0.3, -0.25) is 4.57 Å². The third-order valence-electron chi connectivity index (χ3n) is 1.62. The van der Waals surface area contributed by atoms with E-state index in [2.05, 4.69) is 11.7 Å². The lowest BCUT2D eigenvalue weighted by atomic mass is 10.3. The fourth-order valence-corrected chi connectivity index (χ4v) is 2.17. The van der Waals surface area contributed by atoms with E-state index < -0.39 is 7.52 Å². The number of hydrogen-bond acceptors (Lipinski definition) is 2. The number of para-hydroxylation sites is 1. The van der Waals surface area contributed by atoms with Gasteiger partial charge in [0.05, 0.1) is 6.61 Å². The summed E-state index contributed by atoms with van der Waals surface area (Å²) in [5.41, 5.74) is 0.768. The van der Waals surface area contributed by atoms with Crippen LogP contribution in [0.1, 0.15) is 6.92 Å². The maximum Gasteiger partial charge on any atom is 0.316 e. The molecule has 0 fully saturated rings. The molecule has 1 aromatic rings. The Morgan fingerprint density at radius 2 is 2.14 bits per heavy atom. The molecule has 0 bridgehead atoms. The molecule has 0 radical (unpaired) electrons. The standard InChI is InChI=1S/C10H14NO2P/c1-3-13-14(12,4-2)11-10-8-6-5-7-9-10/h4-9H,2-3H2,1H3,(H,11,12). The van der Waals surface area contributed by atoms with Gasteiger partial charge in [0.25, 0.3) is 0 Å². The molecular formula is C10H14NO2P. The zero-order valence-electron chi connectivity index (χ0n) is 8.14. The summed E-state index contributed by atoms with van der Waals surface area (Å²) in [5, 5.41) is 2.82. The number of anilines is 1. The smallest absolute Gasteiger partial charge is 0.312 e. The Morgan fingerprint density at radius 1 is 1.50 bits per heavy atom. The van der Waals surface area contributed by atoms with E-state index in [1.807, 2.05) is 30.3 Å². The van der Waals surface area contributed by atoms with Crippen LogP contribution in [-0.2, 0) is 9.09 Å². The van der Waals surface area contributed by atoms with E-state index in [0.29, 0.717) is 6.61 Å². The van der Waals surface area contributed by atoms with Gasteiger partial charge in [-0.1, -0.05) is 24.8 Å². The molecule has 1 N–H and O–H groups in total. The number of hydrogen-bond donors (Lipinski definition) is 1. The zero-order valence-corrected chi connectivity index (χ0v) is 9.04. The molecule has 0 amide bonds. The van der Waals surface area contributed by atoms with Crippen molar-refractivity contribution in [2.45, 2.75) is 6.92 Å². The van der Waals surface area contributed by atoms with Gasteiger partial charge in [0.15, 0.2) is 0 Å². The van der Waals surface area contributed by atoms with E-state index in [-0.39, 0.29) is 0 Å². The van der Waals surface area contributed by atoms with Crippen molar-refractivity contribution in [1.82, 2.24) is 0 Å². The first kappa shape index (κ1) is 11.0. The molecule has 0 aromatic heterocycles. The van der Waals surface area contributed by atoms with Gasteiger partial charge in [-0.25, -0.2) is 0 Å². The fourth-order valence-electron chi connectivity index (χ4n) is 1.02. The Balaban J connectivity index is 2.76. The molecule has 76 valence electrons. The Labute approximate surface area is 84.3 Å². The van der Waals surface area contributed by atoms with Crippen LogP contribution in [0.2, 0.25) is 0 Å². The van der Waals surface area contributed by atoms with Gasteiger partial charge in [0, 0.05) is 11.5 Å². The molecule has 1 unspecified atom stereocenters. The molecule has 1 rings (SSSR count). The summed E-state index contributed by atoms with van der Waals surface area (Å²) >= 11 is 0. The fraction of sp³-hybridized carbons (Fsp3) is 0.200. The SMILES string of the molecule is C=CP(=O)(Nc1ccccc1)OCC. The first-order valence-electron chi connectivity index (χ1n) is 4.41. The van der Waals surface area contributed by atoms with Crippen LogP contribution in [0.25, 0.3) is 0 Å². The lowest BCUT2D eigenvalue weighted by Gasteiger charge is -2.15. The van der Waals surface area contributed by atoms with Gasteiger partial charge in [0.2, 0.25) is 0 Å². The van der Waals surface area contributed by atoms with Crippen molar-refractivity contribution >= 4 is 13.2 Å². The molecule has 0 saturated carbocycles. The molecule has 0 spiro atoms. The summed E-state index contributed by atoms with van der Waals surface area (Å²) in [6.07, 6.45) is 0. The van der Waals surface area contributed by atoms with Gasteiger partial charge < -0.3 is 9.61 Å². The van der Waals surface area contributed by atoms with Crippen molar-refractivity contribution in [3.63, 3.8) is 0 Å². The van der Waals surface area contributed by atoms with Crippen LogP contribution in [0.15, 0.2) is 42.7 Å². The van der Waals surface area contributed by atoms with Crippen LogP contribution in [-0.4, -0.2) is 6.61 Å². The van der Waals surface area contributed by atoms with Gasteiger partial charge in [-0.2, -0.15) is 0 Å². The first-order valence-corrected chi connectivity index (χ1v) is 6.11. The minimum atomic E-state index is -2.91. The van der Waals surface area contributed by atoms with Crippen LogP contribution in [0.3, 0.4) is 0 Å². The zero-order chi connectivity index (χ0) is 10.4. The Morgan fingerprint density at radius 3 is 2.64 bits per heavy atom. The normalized spacial score (nSPS) is 14.4. The van der Waals surface area contributed by atoms with Crippen LogP contribution in [0.4, 0.5) is 5.69 Å². The van der Waals surface area contributed by atoms with Crippen molar-refractivity contribution in [3.05, 3.63) is 42.7 Å². The van der Waals surface area contributed by atoms with Crippen molar-refractivity contribution in [2.24, 2.45) is 0 Å². The van der Waals surface area contributed by atoms with Crippen LogP contribution >= 0.6 is 7.52 Å². The highest BCUT2D eigenvalue weighted by atomic mass is 31.2. The first-order chi connectivity index (χ1) is 6.70. The lowest BCUT2D eigenvalue weighted by molar-refractivity contribution is 0.344. The van der Waals surface area contributed by atoms with Gasteiger partial charge in [-0.05, 0) is 19.1 Å². The summed E-state index contributed by atoms with van der Waals surface area (Å²) in [6, 6.07) is 9.28. The van der Waals surface area contributed by atoms with Crippen LogP contribution in [0, 0.1) is 0 Å². The van der Waals surface area contributed by atoms with E-state index in [0.717, 1.165) is 5.69 Å². The summed E-state index contributed by atoms with van der Waals surface area (Å²) < 4.78 is 17.0. The van der Waals surface area contributed by atoms with E-state index >= 15 is 0 Å².